The van der Waals surface area contributed by atoms with E-state index in [2.05, 4.69) is 75.5 Å². The first-order valence-electron chi connectivity index (χ1n) is 8.64. The monoisotopic (exact) mass is 366 g/mol. The number of nitrogens with one attached hydrogen (secondary N) is 1. The van der Waals surface area contributed by atoms with Gasteiger partial charge in [0, 0.05) is 16.8 Å². The zero-order valence-corrected chi connectivity index (χ0v) is 16.6. The largest absolute Gasteiger partial charge is 0.375 e. The molecule has 2 heterocycles. The summed E-state index contributed by atoms with van der Waals surface area (Å²) in [5.74, 6) is 0. The Morgan fingerprint density at radius 3 is 2.52 bits per heavy atom. The van der Waals surface area contributed by atoms with Crippen molar-refractivity contribution in [3.63, 3.8) is 0 Å². The number of aryl methyl sites for hydroxylation is 2. The summed E-state index contributed by atoms with van der Waals surface area (Å²) in [4.78, 5) is 6.35. The number of hydrogen-bond acceptors (Lipinski definition) is 4. The molecule has 4 heteroatoms. The predicted molar refractivity (Wildman–Crippen MR) is 110 cm³/mol. The molecule has 4 rings (SSSR count). The fourth-order valence-corrected chi connectivity index (χ4v) is 6.22. The molecule has 2 nitrogen and oxygen atoms in total. The normalized spacial score (nSPS) is 15.4. The van der Waals surface area contributed by atoms with Gasteiger partial charge in [-0.3, -0.25) is 0 Å². The van der Waals surface area contributed by atoms with E-state index in [1.165, 1.54) is 32.8 Å². The van der Waals surface area contributed by atoms with Gasteiger partial charge in [-0.25, -0.2) is 4.99 Å². The number of hydrogen-bond donors (Lipinski definition) is 1. The zero-order chi connectivity index (χ0) is 17.6. The Labute approximate surface area is 156 Å². The molecule has 0 spiro atoms. The highest BCUT2D eigenvalue weighted by atomic mass is 32.9. The lowest BCUT2D eigenvalue weighted by Gasteiger charge is -2.33. The van der Waals surface area contributed by atoms with E-state index in [4.69, 9.17) is 4.99 Å². The van der Waals surface area contributed by atoms with E-state index in [1.54, 1.807) is 10.3 Å². The molecule has 0 unspecified atom stereocenters. The van der Waals surface area contributed by atoms with E-state index in [9.17, 15) is 0 Å². The Morgan fingerprint density at radius 2 is 1.80 bits per heavy atom. The van der Waals surface area contributed by atoms with Crippen LogP contribution in [-0.2, 0) is 12.0 Å². The standard InChI is InChI=1S/C21H22N2S2/c1-5-14-7-9-15(10-8-14)22-20-18-16-11-6-13(2)12-17(16)23-21(3,4)19(18)24-25-20/h6-12,23H,5H2,1-4H3. The second kappa shape index (κ2) is 6.11. The summed E-state index contributed by atoms with van der Waals surface area (Å²) in [7, 11) is 3.61. The third-order valence-corrected chi connectivity index (χ3v) is 7.32. The van der Waals surface area contributed by atoms with Crippen LogP contribution < -0.4 is 9.99 Å². The highest BCUT2D eigenvalue weighted by molar-refractivity contribution is 7.68. The second-order valence-corrected chi connectivity index (χ2v) is 9.24. The van der Waals surface area contributed by atoms with Crippen LogP contribution >= 0.6 is 20.7 Å². The van der Waals surface area contributed by atoms with Gasteiger partial charge in [-0.2, -0.15) is 0 Å². The van der Waals surface area contributed by atoms with Crippen molar-refractivity contribution in [2.24, 2.45) is 4.99 Å². The average molecular weight is 367 g/mol. The summed E-state index contributed by atoms with van der Waals surface area (Å²) in [6, 6.07) is 15.2. The molecule has 0 aliphatic carbocycles. The smallest absolute Gasteiger partial charge is 0.135 e. The summed E-state index contributed by atoms with van der Waals surface area (Å²) >= 11 is 0. The Hall–Kier alpha value is -1.91. The molecule has 128 valence electrons. The molecule has 0 bridgehead atoms. The van der Waals surface area contributed by atoms with Gasteiger partial charge in [0.2, 0.25) is 0 Å². The maximum Gasteiger partial charge on any atom is 0.135 e. The van der Waals surface area contributed by atoms with Gasteiger partial charge in [-0.1, -0.05) is 51.9 Å². The number of rotatable bonds is 2. The molecule has 1 aliphatic rings. The molecule has 0 saturated heterocycles. The van der Waals surface area contributed by atoms with Crippen LogP contribution in [0.2, 0.25) is 0 Å². The van der Waals surface area contributed by atoms with E-state index in [1.807, 2.05) is 10.3 Å². The van der Waals surface area contributed by atoms with Crippen molar-refractivity contribution in [2.45, 2.75) is 39.7 Å². The topological polar surface area (TPSA) is 24.4 Å². The maximum absolute atomic E-state index is 4.98. The van der Waals surface area contributed by atoms with Gasteiger partial charge >= 0.3 is 0 Å². The van der Waals surface area contributed by atoms with Gasteiger partial charge in [-0.05, 0) is 56.5 Å². The minimum absolute atomic E-state index is 0.0723. The molecule has 1 N–H and O–H groups in total. The fourth-order valence-electron chi connectivity index (χ4n) is 3.29. The van der Waals surface area contributed by atoms with Crippen molar-refractivity contribution in [3.8, 4) is 11.1 Å². The van der Waals surface area contributed by atoms with E-state index < -0.39 is 0 Å². The van der Waals surface area contributed by atoms with Crippen LogP contribution in [0, 0.1) is 6.92 Å². The zero-order valence-electron chi connectivity index (χ0n) is 15.0. The van der Waals surface area contributed by atoms with Gasteiger partial charge < -0.3 is 5.32 Å². The fraction of sp³-hybridized carbons (Fsp3) is 0.286. The molecule has 1 aromatic heterocycles. The van der Waals surface area contributed by atoms with Crippen LogP contribution in [0.15, 0.2) is 47.5 Å². The molecule has 25 heavy (non-hydrogen) atoms. The van der Waals surface area contributed by atoms with Crippen molar-refractivity contribution >= 4 is 32.1 Å². The van der Waals surface area contributed by atoms with Gasteiger partial charge in [0.1, 0.15) is 4.67 Å². The first-order chi connectivity index (χ1) is 12.0. The predicted octanol–water partition coefficient (Wildman–Crippen LogP) is 6.24. The van der Waals surface area contributed by atoms with Crippen molar-refractivity contribution in [3.05, 3.63) is 63.1 Å². The average Bonchev–Trinajstić information content (AvgIpc) is 3.00. The van der Waals surface area contributed by atoms with Crippen LogP contribution in [0.1, 0.15) is 36.8 Å². The number of anilines is 1. The van der Waals surface area contributed by atoms with Crippen molar-refractivity contribution < 1.29 is 0 Å². The second-order valence-electron chi connectivity index (χ2n) is 7.11. The lowest BCUT2D eigenvalue weighted by atomic mass is 9.89. The maximum atomic E-state index is 4.98. The van der Waals surface area contributed by atoms with Gasteiger partial charge in [-0.15, -0.1) is 0 Å². The molecule has 2 aromatic carbocycles. The summed E-state index contributed by atoms with van der Waals surface area (Å²) in [6.45, 7) is 8.82. The molecule has 0 saturated carbocycles. The highest BCUT2D eigenvalue weighted by Crippen LogP contribution is 2.45. The lowest BCUT2D eigenvalue weighted by Crippen LogP contribution is -2.31. The highest BCUT2D eigenvalue weighted by Gasteiger charge is 2.33. The molecule has 0 radical (unpaired) electrons. The van der Waals surface area contributed by atoms with Crippen LogP contribution in [0.5, 0.6) is 0 Å². The van der Waals surface area contributed by atoms with Crippen LogP contribution in [0.25, 0.3) is 11.1 Å². The molecular formula is C21H22N2S2. The van der Waals surface area contributed by atoms with Crippen molar-refractivity contribution in [2.75, 3.05) is 5.32 Å². The third kappa shape index (κ3) is 2.94. The van der Waals surface area contributed by atoms with E-state index in [0.717, 1.165) is 16.8 Å². The minimum atomic E-state index is -0.0723. The van der Waals surface area contributed by atoms with Crippen LogP contribution in [-0.4, -0.2) is 0 Å². The Kier molecular flexibility index (Phi) is 4.05. The Balaban J connectivity index is 1.91. The Bertz CT molecular complexity index is 991. The van der Waals surface area contributed by atoms with Crippen molar-refractivity contribution in [1.29, 1.82) is 0 Å². The van der Waals surface area contributed by atoms with E-state index in [-0.39, 0.29) is 5.54 Å². The van der Waals surface area contributed by atoms with Crippen LogP contribution in [0.3, 0.4) is 0 Å². The quantitative estimate of drug-likeness (QED) is 0.533. The molecule has 0 atom stereocenters. The van der Waals surface area contributed by atoms with Gasteiger partial charge in [0.25, 0.3) is 0 Å². The van der Waals surface area contributed by atoms with Crippen molar-refractivity contribution in [1.82, 2.24) is 0 Å². The minimum Gasteiger partial charge on any atom is -0.375 e. The molecule has 0 amide bonds. The molecule has 3 aromatic rings. The van der Waals surface area contributed by atoms with E-state index >= 15 is 0 Å². The molecule has 0 fully saturated rings. The number of fused-ring (bicyclic) bond motifs is 3. The number of benzene rings is 2. The SMILES string of the molecule is CCc1ccc(N=c2ssc3c2-c2ccc(C)cc2NC3(C)C)cc1. The lowest BCUT2D eigenvalue weighted by molar-refractivity contribution is 0.619. The first kappa shape index (κ1) is 16.6. The van der Waals surface area contributed by atoms with Crippen LogP contribution in [0.4, 0.5) is 11.4 Å². The third-order valence-electron chi connectivity index (χ3n) is 4.68. The molecule has 1 aliphatic heterocycles. The number of nitrogens with zero attached hydrogens (tertiary/aromatic N) is 1. The Morgan fingerprint density at radius 1 is 1.04 bits per heavy atom. The van der Waals surface area contributed by atoms with Gasteiger partial charge in [0.05, 0.1) is 16.1 Å². The summed E-state index contributed by atoms with van der Waals surface area (Å²) in [6.07, 6.45) is 1.06. The first-order valence-corrected chi connectivity index (χ1v) is 10.8. The summed E-state index contributed by atoms with van der Waals surface area (Å²) < 4.78 is 1.11. The summed E-state index contributed by atoms with van der Waals surface area (Å²) in [5, 5.41) is 3.70. The van der Waals surface area contributed by atoms with Gasteiger partial charge in [0.15, 0.2) is 0 Å². The van der Waals surface area contributed by atoms with E-state index in [0.29, 0.717) is 0 Å². The summed E-state index contributed by atoms with van der Waals surface area (Å²) in [5.41, 5.74) is 7.35. The molecular weight excluding hydrogens is 344 g/mol.